The number of carboxylic acids is 1. The van der Waals surface area contributed by atoms with Gasteiger partial charge in [0.15, 0.2) is 0 Å². The summed E-state index contributed by atoms with van der Waals surface area (Å²) in [6.07, 6.45) is 7.09. The number of aliphatic hydroxyl groups is 2. The van der Waals surface area contributed by atoms with Crippen molar-refractivity contribution in [2.24, 2.45) is 5.73 Å². The number of esters is 6. The molecule has 0 spiro atoms. The van der Waals surface area contributed by atoms with Gasteiger partial charge in [-0.2, -0.15) is 9.59 Å². The van der Waals surface area contributed by atoms with Crippen LogP contribution in [0.4, 0.5) is 22.7 Å². The van der Waals surface area contributed by atoms with E-state index in [1.54, 1.807) is 41.5 Å². The maximum Gasteiger partial charge on any atom is 0.373 e. The SMILES string of the molecule is CC(=O)[C@H](CC(=O)OC(C)(C)C)N[B]C=O.CC(C)(C)OC(=O)CCN[B]C=O.CC(C)(C)OC(=O)C[C@@H](CI)N[B]C=O.CC(C)(C)OC(=O)C[C@@H](CO)N[B]C=O.CO.Cc1ccc(N(CCCl)CCCl)cc1C[C@@H](N)CC(=O)O.Cc1ccc(N(CCCl)CCCl)cc1C[C@H](CC(=O)OC(C)(C)C)N[B]C=O.Cc1ccc(N)cc1C[C@H](CC(=O)OC(C)(C)C)N[B]C=O.Cc1ccc(N)cc1I.O=C=O.O=CCCl. The smallest absolute Gasteiger partial charge is 0.373 e. The van der Waals surface area contributed by atoms with Gasteiger partial charge in [-0.1, -0.05) is 46.9 Å². The number of carbonyl (C=O) groups is 15. The van der Waals surface area contributed by atoms with E-state index in [1.807, 2.05) is 165 Å². The molecule has 4 rings (SSSR count). The molecule has 6 atom stereocenters. The van der Waals surface area contributed by atoms with Crippen molar-refractivity contribution in [1.29, 1.82) is 0 Å². The van der Waals surface area contributed by atoms with Crippen molar-refractivity contribution in [1.82, 2.24) is 31.4 Å². The number of nitrogen functional groups attached to an aromatic ring is 2. The number of ether oxygens (including phenoxy) is 6. The third-order valence-corrected chi connectivity index (χ3v) is 20.4. The van der Waals surface area contributed by atoms with Gasteiger partial charge in [0.05, 0.1) is 101 Å². The Morgan fingerprint density at radius 3 is 1.01 bits per heavy atom. The van der Waals surface area contributed by atoms with Crippen LogP contribution in [0.2, 0.25) is 0 Å². The third kappa shape index (κ3) is 95.2. The van der Waals surface area contributed by atoms with Crippen molar-refractivity contribution in [2.45, 2.75) is 293 Å². The molecule has 0 amide bonds. The van der Waals surface area contributed by atoms with Crippen LogP contribution in [0.1, 0.15) is 215 Å². The van der Waals surface area contributed by atoms with Gasteiger partial charge in [0.2, 0.25) is 0 Å². The molecule has 0 aliphatic heterocycles. The number of aliphatic hydroxyl groups excluding tert-OH is 2. The number of aliphatic carboxylic acids is 1. The number of nitrogens with two attached hydrogens (primary N) is 3. The first kappa shape index (κ1) is 153. The number of alkyl halides is 6. The van der Waals surface area contributed by atoms with Crippen LogP contribution < -0.4 is 58.4 Å². The van der Waals surface area contributed by atoms with E-state index < -0.39 is 63.6 Å². The fraction of sp³-hybridized carbons (Fsp3) is 0.592. The fourth-order valence-electron chi connectivity index (χ4n) is 11.4. The number of aryl methyl sites for hydroxylation is 4. The largest absolute Gasteiger partial charge is 0.481 e. The number of nitrogens with one attached hydrogen (secondary N) is 6. The van der Waals surface area contributed by atoms with Crippen LogP contribution in [0.3, 0.4) is 0 Å². The van der Waals surface area contributed by atoms with Gasteiger partial charge < -0.3 is 136 Å². The molecule has 0 bridgehead atoms. The number of anilines is 4. The highest BCUT2D eigenvalue weighted by atomic mass is 127. The van der Waals surface area contributed by atoms with Gasteiger partial charge in [-0.25, -0.2) is 0 Å². The average molecular weight is 2400 g/mol. The third-order valence-electron chi connectivity index (χ3n) is 17.4. The fourth-order valence-corrected chi connectivity index (χ4v) is 13.3. The van der Waals surface area contributed by atoms with Crippen molar-refractivity contribution >= 4 is 268 Å². The molecule has 826 valence electrons. The van der Waals surface area contributed by atoms with Crippen LogP contribution in [0.25, 0.3) is 0 Å². The molecule has 0 aromatic heterocycles. The lowest BCUT2D eigenvalue weighted by Gasteiger charge is -2.26. The van der Waals surface area contributed by atoms with Gasteiger partial charge in [0.1, 0.15) is 45.7 Å². The molecule has 0 aliphatic carbocycles. The number of aldehydes is 1. The standard InChI is InChI=1S/C20H30BCl2N2O3.C16H24BN2O3.C15H22Cl2N2O2.C10H17BNO4.C9H16BINO3.C9H17BNO4.C8H15BNO3.C7H8IN.C2H3ClO.CO2.CH4O/c1-15-5-6-18(25(9-7-22)10-8-23)12-16(15)11-17(24-21-14-26)13-19(27)28-20(2,3)4;1-11-5-6-13(18)7-12(11)8-14(19-17-10-20)9-15(21)22-16(2,3)4;1-11-2-3-14(19(6-4-16)7-5-17)9-12(11)8-13(18)10-15(20)21;1-7(14)8(12-11-6-13)5-9(15)16-10(2,3)4;1-9(2,3)15-8(14)4-7(5-11)12-10-6-13;1-9(2,3)15-8(14)4-7(5-12)11-10-6-13;1-8(2,3)13-7(12)4-5-10-9-6-11;1-5-2-3-6(9)4-7(5)8;3-1-2-4;2-1-3;1-2/h5-6,12,14,17,24H,7-11,13H2,1-4H3;5-7,10,14,19H,8-9,18H2,1-4H3;2-3,9,13H,4-8,10,18H2,1H3,(H,20,21);6,8,12H,5H2,1-4H3;6-7,12H,4-5H2,1-3H3;6-7,11-12H,4-5H2,1-3H3;6,10H,4-5H2,1-3H3;2-4H,9H2,1H3;2H,1H2;;2H,1H3/t17-;14-;13-;8-;2*7-;;;;;/m111000...../s1. The summed E-state index contributed by atoms with van der Waals surface area (Å²) < 4.78 is 33.0. The number of hydrogen-bond donors (Lipinski definition) is 12. The Morgan fingerprint density at radius 2 is 0.709 bits per heavy atom. The van der Waals surface area contributed by atoms with Crippen LogP contribution in [-0.2, 0) is 129 Å². The Hall–Kier alpha value is -7.95. The lowest BCUT2D eigenvalue weighted by molar-refractivity contribution is -0.192. The number of carboxylic acid groups (broad SMARTS) is 1. The van der Waals surface area contributed by atoms with Crippen LogP contribution in [0, 0.1) is 31.3 Å². The van der Waals surface area contributed by atoms with Crippen molar-refractivity contribution in [2.75, 3.05) is 102 Å². The van der Waals surface area contributed by atoms with Crippen molar-refractivity contribution in [3.8, 4) is 0 Å². The summed E-state index contributed by atoms with van der Waals surface area (Å²) >= 11 is 32.7. The van der Waals surface area contributed by atoms with E-state index >= 15 is 0 Å². The van der Waals surface area contributed by atoms with E-state index in [2.05, 4.69) is 105 Å². The second-order valence-electron chi connectivity index (χ2n) is 37.7. The normalized spacial score (nSPS) is 11.7. The van der Waals surface area contributed by atoms with Crippen molar-refractivity contribution < 1.29 is 125 Å². The number of benzene rings is 4. The topological polar surface area (TPSA) is 563 Å². The summed E-state index contributed by atoms with van der Waals surface area (Å²) in [6.45, 7) is 44.9. The van der Waals surface area contributed by atoms with Crippen LogP contribution >= 0.6 is 103 Å². The second-order valence-corrected chi connectivity index (χ2v) is 41.6. The predicted molar refractivity (Wildman–Crippen MR) is 612 cm³/mol. The summed E-state index contributed by atoms with van der Waals surface area (Å²) in [5.74, 6) is -0.907. The zero-order valence-corrected chi connectivity index (χ0v) is 98.1. The van der Waals surface area contributed by atoms with Crippen molar-refractivity contribution in [3.63, 3.8) is 0 Å². The summed E-state index contributed by atoms with van der Waals surface area (Å²) in [4.78, 5) is 182. The predicted octanol–water partition coefficient (Wildman–Crippen LogP) is 9.79. The minimum Gasteiger partial charge on any atom is -0.481 e. The Kier molecular flexibility index (Phi) is 92.5. The highest BCUT2D eigenvalue weighted by Gasteiger charge is 2.28. The maximum atomic E-state index is 12.3. The van der Waals surface area contributed by atoms with E-state index in [1.165, 1.54) is 45.7 Å². The molecule has 50 heteroatoms. The van der Waals surface area contributed by atoms with E-state index in [9.17, 15) is 67.1 Å². The molecule has 0 saturated carbocycles. The molecule has 4 aromatic rings. The maximum absolute atomic E-state index is 12.3. The molecule has 148 heavy (non-hydrogen) atoms. The van der Waals surface area contributed by atoms with Gasteiger partial charge in [-0.05, 0) is 295 Å². The summed E-state index contributed by atoms with van der Waals surface area (Å²) in [5.41, 5.74) is 25.5. The molecule has 6 radical (unpaired) electrons. The molecule has 0 aliphatic rings. The van der Waals surface area contributed by atoms with Gasteiger partial charge in [0, 0.05) is 118 Å². The number of nitrogens with zero attached hydrogens (tertiary/aromatic N) is 2. The zero-order valence-electron chi connectivity index (χ0n) is 90.0. The average Bonchev–Trinajstić information content (AvgIpc) is 0.845. The molecular weight excluding hydrogens is 2240 g/mol. The van der Waals surface area contributed by atoms with Gasteiger partial charge >= 0.3 is 47.9 Å². The highest BCUT2D eigenvalue weighted by molar-refractivity contribution is 14.1. The number of carbonyl (C=O) groups excluding carboxylic acids is 16. The first-order chi connectivity index (χ1) is 68.9. The van der Waals surface area contributed by atoms with E-state index in [0.717, 1.165) is 89.9 Å². The number of halogens is 7. The minimum absolute atomic E-state index is 0.0259. The highest BCUT2D eigenvalue weighted by Crippen LogP contribution is 2.26. The molecule has 0 unspecified atom stereocenters. The van der Waals surface area contributed by atoms with Gasteiger partial charge in [-0.3, -0.25) is 38.4 Å². The van der Waals surface area contributed by atoms with E-state index in [-0.39, 0.29) is 117 Å². The van der Waals surface area contributed by atoms with Gasteiger partial charge in [-0.15, -0.1) is 58.0 Å². The molecule has 37 nitrogen and oxygen atoms in total. The quantitative estimate of drug-likeness (QED) is 0.00286. The Morgan fingerprint density at radius 1 is 0.426 bits per heavy atom. The minimum atomic E-state index is -0.873. The summed E-state index contributed by atoms with van der Waals surface area (Å²) in [6, 6.07) is 21.8. The Bertz CT molecular complexity index is 4420. The lowest BCUT2D eigenvalue weighted by Crippen LogP contribution is -2.41. The van der Waals surface area contributed by atoms with Gasteiger partial charge in [0.25, 0.3) is 44.5 Å². The van der Waals surface area contributed by atoms with Crippen molar-refractivity contribution in [3.05, 3.63) is 115 Å². The van der Waals surface area contributed by atoms with Crippen LogP contribution in [0.5, 0.6) is 0 Å². The first-order valence-corrected chi connectivity index (χ1v) is 52.0. The summed E-state index contributed by atoms with van der Waals surface area (Å²) in [5, 5.41) is 41.3. The monoisotopic (exact) mass is 2400 g/mol. The van der Waals surface area contributed by atoms with E-state index in [0.29, 0.717) is 112 Å². The first-order valence-electron chi connectivity index (χ1n) is 46.7. The number of rotatable bonds is 52. The molecule has 0 heterocycles. The molecule has 0 saturated heterocycles. The molecular formula is C98H156B6Cl5I2N11O26. The number of hydrogen-bond acceptors (Lipinski definition) is 36. The number of ketones is 1. The molecule has 4 aromatic carbocycles. The zero-order chi connectivity index (χ0) is 116. The van der Waals surface area contributed by atoms with Crippen LogP contribution in [-0.4, -0.2) is 307 Å². The second kappa shape index (κ2) is 89.5. The Balaban J connectivity index is -0.000000308. The molecule has 15 N–H and O–H groups in total. The molecule has 0 fully saturated rings. The number of Topliss-reactive ketones (excluding diaryl/α,β-unsaturated/α-hetero) is 1. The lowest BCUT2D eigenvalue weighted by atomic mass is 9.91. The Labute approximate surface area is 932 Å². The van der Waals surface area contributed by atoms with Crippen LogP contribution in [0.15, 0.2) is 72.8 Å². The summed E-state index contributed by atoms with van der Waals surface area (Å²) in [7, 11) is 8.41. The van der Waals surface area contributed by atoms with E-state index in [4.69, 9.17) is 133 Å².